The average molecular weight is 327 g/mol. The fourth-order valence-corrected chi connectivity index (χ4v) is 2.83. The van der Waals surface area contributed by atoms with Crippen LogP contribution in [0, 0.1) is 0 Å². The molecule has 122 valence electrons. The van der Waals surface area contributed by atoms with Crippen molar-refractivity contribution < 1.29 is 4.79 Å². The molecule has 0 radical (unpaired) electrons. The van der Waals surface area contributed by atoms with Gasteiger partial charge in [-0.15, -0.1) is 0 Å². The zero-order chi connectivity index (χ0) is 17.1. The molecule has 3 aromatic carbocycles. The molecule has 4 nitrogen and oxygen atoms in total. The van der Waals surface area contributed by atoms with E-state index in [1.165, 1.54) is 5.56 Å². The molecule has 4 rings (SSSR count). The van der Waals surface area contributed by atoms with Gasteiger partial charge in [0.05, 0.1) is 22.1 Å². The van der Waals surface area contributed by atoms with E-state index in [0.29, 0.717) is 12.1 Å². The minimum absolute atomic E-state index is 0.0900. The highest BCUT2D eigenvalue weighted by Gasteiger charge is 2.08. The summed E-state index contributed by atoms with van der Waals surface area (Å²) in [6.45, 7) is 0.601. The molecule has 0 saturated heterocycles. The van der Waals surface area contributed by atoms with E-state index < -0.39 is 0 Å². The summed E-state index contributed by atoms with van der Waals surface area (Å²) < 4.78 is 0. The average Bonchev–Trinajstić information content (AvgIpc) is 2.66. The SMILES string of the molecule is O=C(NCCc1ccccc1)c1ccc2nc3ccccc3nc2c1. The van der Waals surface area contributed by atoms with Gasteiger partial charge in [-0.25, -0.2) is 9.97 Å². The molecule has 0 atom stereocenters. The maximum Gasteiger partial charge on any atom is 0.251 e. The fraction of sp³-hybridized carbons (Fsp3) is 0.0952. The monoisotopic (exact) mass is 327 g/mol. The van der Waals surface area contributed by atoms with E-state index in [9.17, 15) is 4.79 Å². The van der Waals surface area contributed by atoms with Crippen molar-refractivity contribution in [1.82, 2.24) is 15.3 Å². The summed E-state index contributed by atoms with van der Waals surface area (Å²) in [5.74, 6) is -0.0900. The van der Waals surface area contributed by atoms with Crippen molar-refractivity contribution in [3.05, 3.63) is 83.9 Å². The molecular weight excluding hydrogens is 310 g/mol. The Balaban J connectivity index is 1.52. The van der Waals surface area contributed by atoms with Gasteiger partial charge < -0.3 is 5.32 Å². The Bertz CT molecular complexity index is 1040. The molecule has 1 aromatic heterocycles. The Morgan fingerprint density at radius 2 is 1.40 bits per heavy atom. The van der Waals surface area contributed by atoms with Gasteiger partial charge in [0.2, 0.25) is 0 Å². The number of nitrogens with one attached hydrogen (secondary N) is 1. The second-order valence-corrected chi connectivity index (χ2v) is 5.91. The number of hydrogen-bond acceptors (Lipinski definition) is 3. The number of para-hydroxylation sites is 2. The summed E-state index contributed by atoms with van der Waals surface area (Å²) in [5, 5.41) is 2.96. The van der Waals surface area contributed by atoms with Crippen LogP contribution in [0.25, 0.3) is 22.1 Å². The second-order valence-electron chi connectivity index (χ2n) is 5.91. The predicted octanol–water partition coefficient (Wildman–Crippen LogP) is 3.76. The third kappa shape index (κ3) is 3.33. The first-order chi connectivity index (χ1) is 12.3. The van der Waals surface area contributed by atoms with E-state index in [4.69, 9.17) is 0 Å². The van der Waals surface area contributed by atoms with Gasteiger partial charge in [-0.05, 0) is 42.3 Å². The summed E-state index contributed by atoms with van der Waals surface area (Å²) in [5.41, 5.74) is 5.02. The van der Waals surface area contributed by atoms with E-state index in [-0.39, 0.29) is 5.91 Å². The minimum atomic E-state index is -0.0900. The first kappa shape index (κ1) is 15.3. The van der Waals surface area contributed by atoms with Gasteiger partial charge >= 0.3 is 0 Å². The van der Waals surface area contributed by atoms with Crippen LogP contribution >= 0.6 is 0 Å². The number of amides is 1. The van der Waals surface area contributed by atoms with Gasteiger partial charge in [0.25, 0.3) is 5.91 Å². The lowest BCUT2D eigenvalue weighted by Crippen LogP contribution is -2.25. The van der Waals surface area contributed by atoms with Crippen LogP contribution in [-0.2, 0) is 6.42 Å². The summed E-state index contributed by atoms with van der Waals surface area (Å²) in [7, 11) is 0. The van der Waals surface area contributed by atoms with E-state index >= 15 is 0 Å². The minimum Gasteiger partial charge on any atom is -0.352 e. The van der Waals surface area contributed by atoms with Crippen LogP contribution in [0.1, 0.15) is 15.9 Å². The fourth-order valence-electron chi connectivity index (χ4n) is 2.83. The van der Waals surface area contributed by atoms with Crippen LogP contribution in [-0.4, -0.2) is 22.4 Å². The summed E-state index contributed by atoms with van der Waals surface area (Å²) in [6.07, 6.45) is 0.810. The lowest BCUT2D eigenvalue weighted by Gasteiger charge is -2.07. The lowest BCUT2D eigenvalue weighted by molar-refractivity contribution is 0.0954. The second kappa shape index (κ2) is 6.69. The highest BCUT2D eigenvalue weighted by Crippen LogP contribution is 2.17. The number of aromatic nitrogens is 2. The van der Waals surface area contributed by atoms with Gasteiger partial charge in [0, 0.05) is 12.1 Å². The van der Waals surface area contributed by atoms with Crippen LogP contribution in [0.2, 0.25) is 0 Å². The highest BCUT2D eigenvalue weighted by atomic mass is 16.1. The van der Waals surface area contributed by atoms with E-state index in [0.717, 1.165) is 28.5 Å². The van der Waals surface area contributed by atoms with Crippen LogP contribution in [0.4, 0.5) is 0 Å². The summed E-state index contributed by atoms with van der Waals surface area (Å²) >= 11 is 0. The van der Waals surface area contributed by atoms with Crippen molar-refractivity contribution in [1.29, 1.82) is 0 Å². The van der Waals surface area contributed by atoms with Gasteiger partial charge in [0.1, 0.15) is 0 Å². The van der Waals surface area contributed by atoms with Crippen molar-refractivity contribution >= 4 is 28.0 Å². The highest BCUT2D eigenvalue weighted by molar-refractivity contribution is 5.98. The number of hydrogen-bond donors (Lipinski definition) is 1. The molecular formula is C21H17N3O. The quantitative estimate of drug-likeness (QED) is 0.581. The normalized spacial score (nSPS) is 10.9. The van der Waals surface area contributed by atoms with E-state index in [1.807, 2.05) is 48.5 Å². The maximum atomic E-state index is 12.4. The van der Waals surface area contributed by atoms with Crippen LogP contribution in [0.5, 0.6) is 0 Å². The van der Waals surface area contributed by atoms with Gasteiger partial charge in [-0.2, -0.15) is 0 Å². The van der Waals surface area contributed by atoms with Crippen molar-refractivity contribution in [3.63, 3.8) is 0 Å². The Kier molecular flexibility index (Phi) is 4.09. The van der Waals surface area contributed by atoms with Gasteiger partial charge in [0.15, 0.2) is 0 Å². The van der Waals surface area contributed by atoms with Crippen molar-refractivity contribution in [3.8, 4) is 0 Å². The molecule has 0 saturated carbocycles. The molecule has 0 spiro atoms. The van der Waals surface area contributed by atoms with Crippen LogP contribution in [0.15, 0.2) is 72.8 Å². The first-order valence-electron chi connectivity index (χ1n) is 8.28. The third-order valence-corrected chi connectivity index (χ3v) is 4.14. The number of nitrogens with zero attached hydrogens (tertiary/aromatic N) is 2. The molecule has 0 unspecified atom stereocenters. The molecule has 4 heteroatoms. The van der Waals surface area contributed by atoms with Crippen molar-refractivity contribution in [2.24, 2.45) is 0 Å². The molecule has 0 bridgehead atoms. The molecule has 1 amide bonds. The molecule has 0 aliphatic rings. The standard InChI is InChI=1S/C21H17N3O/c25-21(22-13-12-15-6-2-1-3-7-15)16-10-11-19-20(14-16)24-18-9-5-4-8-17(18)23-19/h1-11,14H,12-13H2,(H,22,25). The third-order valence-electron chi connectivity index (χ3n) is 4.14. The Morgan fingerprint density at radius 3 is 2.16 bits per heavy atom. The number of carbonyl (C=O) groups excluding carboxylic acids is 1. The number of carbonyl (C=O) groups is 1. The van der Waals surface area contributed by atoms with E-state index in [2.05, 4.69) is 27.4 Å². The summed E-state index contributed by atoms with van der Waals surface area (Å²) in [6, 6.07) is 23.3. The number of fused-ring (bicyclic) bond motifs is 2. The Labute approximate surface area is 145 Å². The molecule has 4 aromatic rings. The molecule has 0 fully saturated rings. The molecule has 0 aliphatic carbocycles. The van der Waals surface area contributed by atoms with E-state index in [1.54, 1.807) is 12.1 Å². The van der Waals surface area contributed by atoms with Gasteiger partial charge in [-0.1, -0.05) is 42.5 Å². The maximum absolute atomic E-state index is 12.4. The van der Waals surface area contributed by atoms with Crippen molar-refractivity contribution in [2.45, 2.75) is 6.42 Å². The smallest absolute Gasteiger partial charge is 0.251 e. The largest absolute Gasteiger partial charge is 0.352 e. The Hall–Kier alpha value is -3.27. The zero-order valence-corrected chi connectivity index (χ0v) is 13.6. The van der Waals surface area contributed by atoms with Crippen LogP contribution < -0.4 is 5.32 Å². The first-order valence-corrected chi connectivity index (χ1v) is 8.28. The predicted molar refractivity (Wildman–Crippen MR) is 99.5 cm³/mol. The molecule has 25 heavy (non-hydrogen) atoms. The number of benzene rings is 3. The van der Waals surface area contributed by atoms with Gasteiger partial charge in [-0.3, -0.25) is 4.79 Å². The molecule has 0 aliphatic heterocycles. The van der Waals surface area contributed by atoms with Crippen molar-refractivity contribution in [2.75, 3.05) is 6.54 Å². The lowest BCUT2D eigenvalue weighted by atomic mass is 10.1. The van der Waals surface area contributed by atoms with Crippen LogP contribution in [0.3, 0.4) is 0 Å². The zero-order valence-electron chi connectivity index (χ0n) is 13.6. The summed E-state index contributed by atoms with van der Waals surface area (Å²) in [4.78, 5) is 21.6. The Morgan fingerprint density at radius 1 is 0.760 bits per heavy atom. The molecule has 1 N–H and O–H groups in total. The topological polar surface area (TPSA) is 54.9 Å². The molecule has 1 heterocycles. The number of rotatable bonds is 4.